The van der Waals surface area contributed by atoms with Crippen molar-refractivity contribution < 1.29 is 17.9 Å². The molecule has 0 radical (unpaired) electrons. The van der Waals surface area contributed by atoms with E-state index in [2.05, 4.69) is 6.58 Å². The first kappa shape index (κ1) is 22.7. The molecule has 0 saturated carbocycles. The zero-order valence-corrected chi connectivity index (χ0v) is 18.9. The summed E-state index contributed by atoms with van der Waals surface area (Å²) in [7, 11) is 0. The molecule has 3 aromatic carbocycles. The number of benzene rings is 3. The normalized spacial score (nSPS) is 21.7. The Kier molecular flexibility index (Phi) is 6.42. The lowest BCUT2D eigenvalue weighted by atomic mass is 9.83. The van der Waals surface area contributed by atoms with Crippen molar-refractivity contribution in [3.05, 3.63) is 102 Å². The Morgan fingerprint density at radius 2 is 1.41 bits per heavy atom. The quantitative estimate of drug-likeness (QED) is 0.324. The average molecular weight is 461 g/mol. The summed E-state index contributed by atoms with van der Waals surface area (Å²) in [5, 5.41) is 0. The maximum atomic E-state index is 15.0. The Hall–Kier alpha value is -3.11. The van der Waals surface area contributed by atoms with Crippen LogP contribution in [0.2, 0.25) is 0 Å². The summed E-state index contributed by atoms with van der Waals surface area (Å²) in [5.74, 6) is -1.55. The number of halogens is 3. The SMILES string of the molecule is C=Cc1ccc(-c2ccc(-c3ccc(CCC4C=C(F)C(C5CO5)CC4)cc3)c(F)c2F)cc1. The molecule has 0 N–H and O–H groups in total. The molecule has 1 fully saturated rings. The number of aryl methyl sites for hydroxylation is 1. The third-order valence-electron chi connectivity index (χ3n) is 7.01. The molecule has 0 aromatic heterocycles. The number of allylic oxidation sites excluding steroid dienone is 1. The fraction of sp³-hybridized carbons (Fsp3) is 0.267. The molecule has 4 heteroatoms. The number of ether oxygens (including phenoxy) is 1. The van der Waals surface area contributed by atoms with Gasteiger partial charge in [-0.3, -0.25) is 0 Å². The van der Waals surface area contributed by atoms with Crippen molar-refractivity contribution in [3.8, 4) is 22.3 Å². The van der Waals surface area contributed by atoms with E-state index in [1.807, 2.05) is 36.4 Å². The first-order valence-electron chi connectivity index (χ1n) is 11.8. The molecule has 1 aliphatic carbocycles. The van der Waals surface area contributed by atoms with Gasteiger partial charge in [-0.05, 0) is 59.9 Å². The Labute approximate surface area is 198 Å². The lowest BCUT2D eigenvalue weighted by Crippen LogP contribution is -2.17. The van der Waals surface area contributed by atoms with Gasteiger partial charge < -0.3 is 4.74 Å². The number of hydrogen-bond donors (Lipinski definition) is 0. The van der Waals surface area contributed by atoms with Crippen LogP contribution in [0.25, 0.3) is 28.3 Å². The van der Waals surface area contributed by atoms with Crippen LogP contribution in [0.1, 0.15) is 30.4 Å². The minimum Gasteiger partial charge on any atom is -0.372 e. The molecular formula is C30H27F3O. The molecule has 5 rings (SSSR count). The van der Waals surface area contributed by atoms with Gasteiger partial charge in [-0.1, -0.05) is 73.3 Å². The smallest absolute Gasteiger partial charge is 0.167 e. The van der Waals surface area contributed by atoms with Crippen molar-refractivity contribution in [3.63, 3.8) is 0 Å². The summed E-state index contributed by atoms with van der Waals surface area (Å²) in [4.78, 5) is 0. The summed E-state index contributed by atoms with van der Waals surface area (Å²) in [6, 6.07) is 17.9. The van der Waals surface area contributed by atoms with Gasteiger partial charge in [0.25, 0.3) is 0 Å². The summed E-state index contributed by atoms with van der Waals surface area (Å²) in [5.41, 5.74) is 3.74. The van der Waals surface area contributed by atoms with E-state index in [1.165, 1.54) is 0 Å². The highest BCUT2D eigenvalue weighted by Gasteiger charge is 2.37. The first-order chi connectivity index (χ1) is 16.5. The van der Waals surface area contributed by atoms with Gasteiger partial charge in [0, 0.05) is 17.0 Å². The van der Waals surface area contributed by atoms with E-state index in [0.29, 0.717) is 17.7 Å². The maximum absolute atomic E-state index is 15.0. The van der Waals surface area contributed by atoms with Crippen molar-refractivity contribution >= 4 is 6.08 Å². The van der Waals surface area contributed by atoms with Gasteiger partial charge in [-0.15, -0.1) is 0 Å². The summed E-state index contributed by atoms with van der Waals surface area (Å²) in [6.07, 6.45) is 7.07. The van der Waals surface area contributed by atoms with Gasteiger partial charge in [0.2, 0.25) is 0 Å². The summed E-state index contributed by atoms with van der Waals surface area (Å²) < 4.78 is 49.4. The Morgan fingerprint density at radius 3 is 1.94 bits per heavy atom. The molecule has 2 aliphatic rings. The van der Waals surface area contributed by atoms with Crippen LogP contribution in [-0.2, 0) is 11.2 Å². The van der Waals surface area contributed by atoms with E-state index in [1.54, 1.807) is 36.4 Å². The van der Waals surface area contributed by atoms with Gasteiger partial charge in [0.05, 0.1) is 12.7 Å². The summed E-state index contributed by atoms with van der Waals surface area (Å²) in [6.45, 7) is 4.39. The Morgan fingerprint density at radius 1 is 0.824 bits per heavy atom. The number of rotatable bonds is 7. The van der Waals surface area contributed by atoms with Crippen molar-refractivity contribution in [2.45, 2.75) is 31.8 Å². The lowest BCUT2D eigenvalue weighted by molar-refractivity contribution is 0.278. The molecule has 174 valence electrons. The van der Waals surface area contributed by atoms with Gasteiger partial charge in [0.1, 0.15) is 5.83 Å². The molecule has 1 nitrogen and oxygen atoms in total. The van der Waals surface area contributed by atoms with E-state index < -0.39 is 11.6 Å². The van der Waals surface area contributed by atoms with Crippen LogP contribution in [0.3, 0.4) is 0 Å². The summed E-state index contributed by atoms with van der Waals surface area (Å²) >= 11 is 0. The molecule has 0 bridgehead atoms. The topological polar surface area (TPSA) is 12.5 Å². The highest BCUT2D eigenvalue weighted by Crippen LogP contribution is 2.38. The van der Waals surface area contributed by atoms with Gasteiger partial charge in [-0.2, -0.15) is 0 Å². The van der Waals surface area contributed by atoms with Crippen LogP contribution in [0, 0.1) is 23.5 Å². The van der Waals surface area contributed by atoms with E-state index in [-0.39, 0.29) is 34.9 Å². The third kappa shape index (κ3) is 4.74. The van der Waals surface area contributed by atoms with Crippen LogP contribution in [-0.4, -0.2) is 12.7 Å². The Bertz CT molecular complexity index is 1210. The van der Waals surface area contributed by atoms with Crippen LogP contribution in [0.15, 0.2) is 79.1 Å². The van der Waals surface area contributed by atoms with Crippen molar-refractivity contribution in [1.82, 2.24) is 0 Å². The zero-order chi connectivity index (χ0) is 23.7. The fourth-order valence-electron chi connectivity index (χ4n) is 4.84. The number of hydrogen-bond acceptors (Lipinski definition) is 1. The molecule has 34 heavy (non-hydrogen) atoms. The molecule has 3 unspecified atom stereocenters. The fourth-order valence-corrected chi connectivity index (χ4v) is 4.84. The van der Waals surface area contributed by atoms with Crippen LogP contribution < -0.4 is 0 Å². The molecule has 1 saturated heterocycles. The Balaban J connectivity index is 1.26. The van der Waals surface area contributed by atoms with E-state index >= 15 is 0 Å². The van der Waals surface area contributed by atoms with Crippen LogP contribution in [0.4, 0.5) is 13.2 Å². The maximum Gasteiger partial charge on any atom is 0.167 e. The highest BCUT2D eigenvalue weighted by molar-refractivity contribution is 5.72. The largest absolute Gasteiger partial charge is 0.372 e. The molecule has 3 aromatic rings. The minimum absolute atomic E-state index is 0.0216. The van der Waals surface area contributed by atoms with Gasteiger partial charge >= 0.3 is 0 Å². The van der Waals surface area contributed by atoms with E-state index in [9.17, 15) is 13.2 Å². The van der Waals surface area contributed by atoms with Gasteiger partial charge in [0.15, 0.2) is 11.6 Å². The number of epoxide rings is 1. The van der Waals surface area contributed by atoms with Crippen molar-refractivity contribution in [2.75, 3.05) is 6.61 Å². The molecular weight excluding hydrogens is 433 g/mol. The zero-order valence-electron chi connectivity index (χ0n) is 18.9. The van der Waals surface area contributed by atoms with E-state index in [0.717, 1.165) is 36.8 Å². The predicted octanol–water partition coefficient (Wildman–Crippen LogP) is 8.15. The standard InChI is InChI=1S/C30H27F3O/c1-2-19-5-10-22(11-6-19)24-15-16-25(30(33)29(24)32)23-12-7-20(8-13-23)3-4-21-9-14-26(27(31)17-21)28-18-34-28/h2,5-8,10-13,15-17,21,26,28H,1,3-4,9,14,18H2. The van der Waals surface area contributed by atoms with Gasteiger partial charge in [-0.25, -0.2) is 13.2 Å². The molecule has 1 heterocycles. The van der Waals surface area contributed by atoms with Crippen LogP contribution in [0.5, 0.6) is 0 Å². The molecule has 3 atom stereocenters. The highest BCUT2D eigenvalue weighted by atomic mass is 19.2. The van der Waals surface area contributed by atoms with Crippen molar-refractivity contribution in [1.29, 1.82) is 0 Å². The second-order valence-corrected chi connectivity index (χ2v) is 9.22. The van der Waals surface area contributed by atoms with E-state index in [4.69, 9.17) is 4.74 Å². The predicted molar refractivity (Wildman–Crippen MR) is 131 cm³/mol. The monoisotopic (exact) mass is 460 g/mol. The molecule has 0 spiro atoms. The molecule has 1 aliphatic heterocycles. The third-order valence-corrected chi connectivity index (χ3v) is 7.01. The minimum atomic E-state index is -0.853. The first-order valence-corrected chi connectivity index (χ1v) is 11.8. The second-order valence-electron chi connectivity index (χ2n) is 9.22. The van der Waals surface area contributed by atoms with Crippen LogP contribution >= 0.6 is 0 Å². The second kappa shape index (κ2) is 9.63. The molecule has 0 amide bonds. The average Bonchev–Trinajstić information content (AvgIpc) is 3.70. The lowest BCUT2D eigenvalue weighted by Gasteiger charge is -2.23. The van der Waals surface area contributed by atoms with Crippen molar-refractivity contribution in [2.24, 2.45) is 11.8 Å².